The maximum Gasteiger partial charge on any atom is 0.282 e. The van der Waals surface area contributed by atoms with E-state index in [1.165, 1.54) is 22.1 Å². The van der Waals surface area contributed by atoms with E-state index in [2.05, 4.69) is 5.10 Å². The number of aromatic nitrogens is 2. The topological polar surface area (TPSA) is 113 Å². The lowest BCUT2D eigenvalue weighted by Crippen LogP contribution is -2.27. The van der Waals surface area contributed by atoms with Crippen LogP contribution in [0, 0.1) is 0 Å². The van der Waals surface area contributed by atoms with Gasteiger partial charge in [0, 0.05) is 11.0 Å². The Labute approximate surface area is 202 Å². The van der Waals surface area contributed by atoms with Crippen LogP contribution >= 0.6 is 34.7 Å². The van der Waals surface area contributed by atoms with Crippen molar-refractivity contribution < 1.29 is 9.90 Å². The fraction of sp³-hybridized carbons (Fsp3) is 0.0435. The van der Waals surface area contributed by atoms with Gasteiger partial charge in [-0.2, -0.15) is 11.3 Å². The molecule has 2 heterocycles. The standard InChI is InChI=1S/C23H19ClN4O3S2/c24-17-3-1-2-4-18(17)33-21-22(30)27-28(23(21)31)20(16-11-12-32-13-16)15-8-5-14(6-9-15)7-10-19(29)26-25/h1-13,20,31H,25H2,(H,26,29)(H,27,30)/b10-7+. The number of hydrazine groups is 1. The highest BCUT2D eigenvalue weighted by Crippen LogP contribution is 2.39. The molecule has 0 aliphatic rings. The fourth-order valence-corrected chi connectivity index (χ4v) is 5.06. The molecule has 2 aromatic heterocycles. The first kappa shape index (κ1) is 22.9. The summed E-state index contributed by atoms with van der Waals surface area (Å²) in [6.45, 7) is 0. The highest BCUT2D eigenvalue weighted by molar-refractivity contribution is 7.99. The Morgan fingerprint density at radius 3 is 2.61 bits per heavy atom. The molecule has 4 aromatic rings. The molecule has 7 nitrogen and oxygen atoms in total. The summed E-state index contributed by atoms with van der Waals surface area (Å²) >= 11 is 8.87. The number of carbonyl (C=O) groups excluding carboxylic acids is 1. The summed E-state index contributed by atoms with van der Waals surface area (Å²) < 4.78 is 1.45. The summed E-state index contributed by atoms with van der Waals surface area (Å²) in [7, 11) is 0. The van der Waals surface area contributed by atoms with Crippen LogP contribution in [0.15, 0.2) is 86.0 Å². The van der Waals surface area contributed by atoms with Gasteiger partial charge in [0.2, 0.25) is 5.88 Å². The van der Waals surface area contributed by atoms with Crippen LogP contribution in [0.3, 0.4) is 0 Å². The number of aromatic hydroxyl groups is 1. The van der Waals surface area contributed by atoms with Crippen LogP contribution < -0.4 is 16.8 Å². The first-order valence-corrected chi connectivity index (χ1v) is 11.9. The van der Waals surface area contributed by atoms with E-state index in [0.29, 0.717) is 9.92 Å². The van der Waals surface area contributed by atoms with Crippen LogP contribution in [0.1, 0.15) is 22.7 Å². The second-order valence-corrected chi connectivity index (χ2v) is 9.20. The Bertz CT molecular complexity index is 1350. The molecule has 1 amide bonds. The third-order valence-electron chi connectivity index (χ3n) is 4.85. The van der Waals surface area contributed by atoms with Gasteiger partial charge < -0.3 is 5.11 Å². The Kier molecular flexibility index (Phi) is 7.05. The monoisotopic (exact) mass is 498 g/mol. The summed E-state index contributed by atoms with van der Waals surface area (Å²) in [5, 5.41) is 18.2. The number of amides is 1. The maximum absolute atomic E-state index is 12.8. The van der Waals surface area contributed by atoms with E-state index in [0.717, 1.165) is 28.5 Å². The molecule has 1 atom stereocenters. The first-order valence-electron chi connectivity index (χ1n) is 9.74. The molecule has 10 heteroatoms. The number of hydrogen-bond donors (Lipinski definition) is 4. The molecule has 2 aromatic carbocycles. The van der Waals surface area contributed by atoms with Crippen LogP contribution in [-0.4, -0.2) is 20.8 Å². The van der Waals surface area contributed by atoms with E-state index in [4.69, 9.17) is 17.4 Å². The van der Waals surface area contributed by atoms with Crippen LogP contribution in [0.25, 0.3) is 6.08 Å². The summed E-state index contributed by atoms with van der Waals surface area (Å²) in [4.78, 5) is 24.9. The molecule has 0 saturated heterocycles. The predicted molar refractivity (Wildman–Crippen MR) is 132 cm³/mol. The largest absolute Gasteiger partial charge is 0.493 e. The molecule has 0 fully saturated rings. The Morgan fingerprint density at radius 1 is 1.18 bits per heavy atom. The molecule has 4 rings (SSSR count). The number of hydrogen-bond acceptors (Lipinski definition) is 6. The van der Waals surface area contributed by atoms with E-state index >= 15 is 0 Å². The summed E-state index contributed by atoms with van der Waals surface area (Å²) in [6.07, 6.45) is 2.97. The van der Waals surface area contributed by atoms with Gasteiger partial charge >= 0.3 is 0 Å². The van der Waals surface area contributed by atoms with Crippen LogP contribution in [-0.2, 0) is 4.79 Å². The van der Waals surface area contributed by atoms with Gasteiger partial charge in [-0.15, -0.1) is 0 Å². The number of rotatable bonds is 7. The van der Waals surface area contributed by atoms with Crippen LogP contribution in [0.4, 0.5) is 0 Å². The molecular formula is C23H19ClN4O3S2. The number of benzene rings is 2. The lowest BCUT2D eigenvalue weighted by molar-refractivity contribution is -0.116. The Hall–Kier alpha value is -3.24. The smallest absolute Gasteiger partial charge is 0.282 e. The zero-order chi connectivity index (χ0) is 23.4. The second kappa shape index (κ2) is 10.1. The summed E-state index contributed by atoms with van der Waals surface area (Å²) in [5.41, 5.74) is 4.17. The van der Waals surface area contributed by atoms with E-state index < -0.39 is 17.5 Å². The van der Waals surface area contributed by atoms with E-state index in [9.17, 15) is 14.7 Å². The van der Waals surface area contributed by atoms with Crippen molar-refractivity contribution in [1.29, 1.82) is 0 Å². The maximum atomic E-state index is 12.8. The van der Waals surface area contributed by atoms with Gasteiger partial charge in [0.15, 0.2) is 0 Å². The number of nitrogens with zero attached hydrogens (tertiary/aromatic N) is 1. The molecule has 168 valence electrons. The van der Waals surface area contributed by atoms with Gasteiger partial charge in [-0.1, -0.05) is 59.8 Å². The van der Waals surface area contributed by atoms with Gasteiger partial charge in [0.25, 0.3) is 11.5 Å². The van der Waals surface area contributed by atoms with E-state index in [1.54, 1.807) is 24.3 Å². The van der Waals surface area contributed by atoms with Crippen LogP contribution in [0.2, 0.25) is 5.02 Å². The number of nitrogens with two attached hydrogens (primary N) is 1. The average molecular weight is 499 g/mol. The quantitative estimate of drug-likeness (QED) is 0.131. The van der Waals surface area contributed by atoms with Crippen molar-refractivity contribution >= 4 is 46.7 Å². The number of H-pyrrole nitrogens is 1. The van der Waals surface area contributed by atoms with Crippen molar-refractivity contribution in [3.05, 3.63) is 104 Å². The third-order valence-corrected chi connectivity index (χ3v) is 7.14. The molecule has 0 bridgehead atoms. The number of halogens is 1. The molecular weight excluding hydrogens is 480 g/mol. The number of nitrogens with one attached hydrogen (secondary N) is 2. The summed E-state index contributed by atoms with van der Waals surface area (Å²) in [6, 6.07) is 16.0. The van der Waals surface area contributed by atoms with Gasteiger partial charge in [-0.05, 0) is 51.7 Å². The average Bonchev–Trinajstić information content (AvgIpc) is 3.44. The van der Waals surface area contributed by atoms with Crippen molar-refractivity contribution in [3.8, 4) is 5.88 Å². The second-order valence-electron chi connectivity index (χ2n) is 6.96. The minimum atomic E-state index is -0.463. The highest BCUT2D eigenvalue weighted by Gasteiger charge is 2.25. The van der Waals surface area contributed by atoms with Gasteiger partial charge in [-0.3, -0.25) is 20.1 Å². The Morgan fingerprint density at radius 2 is 1.94 bits per heavy atom. The zero-order valence-corrected chi connectivity index (χ0v) is 19.5. The molecule has 0 saturated carbocycles. The predicted octanol–water partition coefficient (Wildman–Crippen LogP) is 4.39. The van der Waals surface area contributed by atoms with Gasteiger partial charge in [-0.25, -0.2) is 10.5 Å². The number of carbonyl (C=O) groups is 1. The zero-order valence-electron chi connectivity index (χ0n) is 17.1. The van der Waals surface area contributed by atoms with Crippen LogP contribution in [0.5, 0.6) is 5.88 Å². The SMILES string of the molecule is NNC(=O)/C=C/c1ccc(C(c2ccsc2)n2[nH]c(=O)c(Sc3ccccc3Cl)c2O)cc1. The van der Waals surface area contributed by atoms with E-state index in [-0.39, 0.29) is 10.8 Å². The third kappa shape index (κ3) is 5.07. The van der Waals surface area contributed by atoms with Crippen molar-refractivity contribution in [1.82, 2.24) is 15.2 Å². The highest BCUT2D eigenvalue weighted by atomic mass is 35.5. The normalized spacial score (nSPS) is 12.2. The fourth-order valence-electron chi connectivity index (χ4n) is 3.27. The molecule has 5 N–H and O–H groups in total. The number of thiophene rings is 1. The van der Waals surface area contributed by atoms with Crippen molar-refractivity contribution in [3.63, 3.8) is 0 Å². The molecule has 33 heavy (non-hydrogen) atoms. The van der Waals surface area contributed by atoms with Crippen molar-refractivity contribution in [2.75, 3.05) is 0 Å². The Balaban J connectivity index is 1.72. The molecule has 1 unspecified atom stereocenters. The molecule has 0 aliphatic carbocycles. The van der Waals surface area contributed by atoms with Gasteiger partial charge in [0.05, 0.1) is 5.02 Å². The molecule has 0 aliphatic heterocycles. The van der Waals surface area contributed by atoms with Crippen molar-refractivity contribution in [2.24, 2.45) is 5.84 Å². The van der Waals surface area contributed by atoms with E-state index in [1.807, 2.05) is 52.6 Å². The van der Waals surface area contributed by atoms with Gasteiger partial charge in [0.1, 0.15) is 10.9 Å². The first-order chi connectivity index (χ1) is 16.0. The lowest BCUT2D eigenvalue weighted by atomic mass is 10.00. The molecule has 0 radical (unpaired) electrons. The summed E-state index contributed by atoms with van der Waals surface area (Å²) in [5.74, 6) is 4.50. The lowest BCUT2D eigenvalue weighted by Gasteiger charge is -2.19. The minimum Gasteiger partial charge on any atom is -0.493 e. The molecule has 0 spiro atoms. The van der Waals surface area contributed by atoms with Crippen molar-refractivity contribution in [2.45, 2.75) is 15.8 Å². The minimum absolute atomic E-state index is 0.163. The number of aromatic amines is 1.